The number of aromatic nitrogens is 2. The van der Waals surface area contributed by atoms with Gasteiger partial charge < -0.3 is 18.9 Å². The fraction of sp³-hybridized carbons (Fsp3) is 0.737. The lowest BCUT2D eigenvalue weighted by Gasteiger charge is -2.32. The lowest BCUT2D eigenvalue weighted by Crippen LogP contribution is -2.41. The van der Waals surface area contributed by atoms with Gasteiger partial charge in [0.1, 0.15) is 5.60 Å². The fourth-order valence-corrected chi connectivity index (χ4v) is 3.20. The van der Waals surface area contributed by atoms with Crippen LogP contribution in [0.3, 0.4) is 0 Å². The van der Waals surface area contributed by atoms with Crippen LogP contribution in [-0.4, -0.2) is 58.2 Å². The predicted octanol–water partition coefficient (Wildman–Crippen LogP) is 2.50. The van der Waals surface area contributed by atoms with Crippen molar-refractivity contribution in [3.63, 3.8) is 0 Å². The van der Waals surface area contributed by atoms with Crippen molar-refractivity contribution in [1.29, 1.82) is 0 Å². The van der Waals surface area contributed by atoms with Gasteiger partial charge in [-0.15, -0.1) is 0 Å². The van der Waals surface area contributed by atoms with Gasteiger partial charge in [-0.1, -0.05) is 0 Å². The Morgan fingerprint density at radius 2 is 1.89 bits per heavy atom. The molecule has 0 aliphatic carbocycles. The molecule has 2 aliphatic rings. The summed E-state index contributed by atoms with van der Waals surface area (Å²) in [6.45, 7) is 15.0. The molecule has 1 aromatic rings. The number of hydrogen-bond donors (Lipinski definition) is 0. The van der Waals surface area contributed by atoms with Crippen LogP contribution in [0.5, 0.6) is 0 Å². The minimum absolute atomic E-state index is 0.132. The Morgan fingerprint density at radius 1 is 1.26 bits per heavy atom. The van der Waals surface area contributed by atoms with E-state index in [-0.39, 0.29) is 12.0 Å². The van der Waals surface area contributed by atoms with Gasteiger partial charge in [0, 0.05) is 30.7 Å². The highest BCUT2D eigenvalue weighted by molar-refractivity contribution is 6.62. The maximum Gasteiger partial charge on any atom is 0.496 e. The van der Waals surface area contributed by atoms with E-state index in [1.165, 1.54) is 0 Å². The first-order valence-electron chi connectivity index (χ1n) is 9.54. The second kappa shape index (κ2) is 6.74. The molecule has 0 radical (unpaired) electrons. The van der Waals surface area contributed by atoms with Gasteiger partial charge in [-0.05, 0) is 61.0 Å². The van der Waals surface area contributed by atoms with E-state index in [1.54, 1.807) is 11.1 Å². The summed E-state index contributed by atoms with van der Waals surface area (Å²) in [7, 11) is -0.465. The van der Waals surface area contributed by atoms with Crippen LogP contribution in [-0.2, 0) is 14.0 Å². The highest BCUT2D eigenvalue weighted by Gasteiger charge is 2.52. The molecule has 2 aliphatic heterocycles. The van der Waals surface area contributed by atoms with Crippen molar-refractivity contribution in [2.24, 2.45) is 0 Å². The minimum atomic E-state index is -0.494. The van der Waals surface area contributed by atoms with Crippen LogP contribution in [0.2, 0.25) is 0 Å². The van der Waals surface area contributed by atoms with Gasteiger partial charge in [0.15, 0.2) is 0 Å². The maximum atomic E-state index is 12.3. The first-order valence-corrected chi connectivity index (χ1v) is 9.54. The third-order valence-corrected chi connectivity index (χ3v) is 5.48. The number of ether oxygens (including phenoxy) is 1. The molecular formula is C19H30BN3O4. The van der Waals surface area contributed by atoms with Gasteiger partial charge in [-0.25, -0.2) is 4.79 Å². The third kappa shape index (κ3) is 4.27. The molecule has 2 fully saturated rings. The van der Waals surface area contributed by atoms with E-state index in [0.717, 1.165) is 17.6 Å². The van der Waals surface area contributed by atoms with Crippen LogP contribution in [0, 0.1) is 0 Å². The Hall–Kier alpha value is -1.67. The first-order chi connectivity index (χ1) is 12.4. The monoisotopic (exact) mass is 375 g/mol. The van der Waals surface area contributed by atoms with E-state index in [2.05, 4.69) is 10.2 Å². The summed E-state index contributed by atoms with van der Waals surface area (Å²) in [6.07, 6.45) is 2.24. The lowest BCUT2D eigenvalue weighted by atomic mass is 9.79. The molecule has 1 aromatic heterocycles. The van der Waals surface area contributed by atoms with Crippen LogP contribution in [0.25, 0.3) is 0 Å². The molecule has 2 saturated heterocycles. The summed E-state index contributed by atoms with van der Waals surface area (Å²) < 4.78 is 17.7. The molecule has 8 heteroatoms. The summed E-state index contributed by atoms with van der Waals surface area (Å²) in [6, 6.07) is 1.98. The standard InChI is InChI=1S/C19H30BN3O4/c1-17(2,3)25-16(24)23-9-8-13(12-23)15-10-14(11-21-22-15)20-26-18(4,5)19(6,7)27-20/h10-11,13H,8-9,12H2,1-7H3. The third-order valence-electron chi connectivity index (χ3n) is 5.48. The molecule has 1 atom stereocenters. The Labute approximate surface area is 161 Å². The average Bonchev–Trinajstić information content (AvgIpc) is 3.09. The van der Waals surface area contributed by atoms with E-state index >= 15 is 0 Å². The molecule has 1 amide bonds. The summed E-state index contributed by atoms with van der Waals surface area (Å²) >= 11 is 0. The molecule has 0 saturated carbocycles. The van der Waals surface area contributed by atoms with Crippen LogP contribution < -0.4 is 5.46 Å². The Morgan fingerprint density at radius 3 is 2.48 bits per heavy atom. The van der Waals surface area contributed by atoms with E-state index in [1.807, 2.05) is 54.5 Å². The summed E-state index contributed by atoms with van der Waals surface area (Å²) in [4.78, 5) is 14.0. The number of likely N-dealkylation sites (tertiary alicyclic amines) is 1. The number of amides is 1. The van der Waals surface area contributed by atoms with Gasteiger partial charge >= 0.3 is 13.2 Å². The van der Waals surface area contributed by atoms with Crippen LogP contribution >= 0.6 is 0 Å². The molecule has 0 bridgehead atoms. The first kappa shape index (κ1) is 20.1. The van der Waals surface area contributed by atoms with Gasteiger partial charge in [-0.2, -0.15) is 10.2 Å². The molecule has 27 heavy (non-hydrogen) atoms. The predicted molar refractivity (Wildman–Crippen MR) is 103 cm³/mol. The molecule has 3 heterocycles. The van der Waals surface area contributed by atoms with Crippen molar-refractivity contribution in [2.75, 3.05) is 13.1 Å². The number of hydrogen-bond acceptors (Lipinski definition) is 6. The van der Waals surface area contributed by atoms with E-state index in [9.17, 15) is 4.79 Å². The van der Waals surface area contributed by atoms with Crippen LogP contribution in [0.1, 0.15) is 66.5 Å². The van der Waals surface area contributed by atoms with E-state index < -0.39 is 23.9 Å². The van der Waals surface area contributed by atoms with Crippen molar-refractivity contribution < 1.29 is 18.8 Å². The highest BCUT2D eigenvalue weighted by Crippen LogP contribution is 2.36. The Balaban J connectivity index is 1.70. The van der Waals surface area contributed by atoms with Gasteiger partial charge in [0.05, 0.1) is 16.9 Å². The van der Waals surface area contributed by atoms with Crippen molar-refractivity contribution in [3.8, 4) is 0 Å². The second-order valence-electron chi connectivity index (χ2n) is 9.41. The van der Waals surface area contributed by atoms with Crippen molar-refractivity contribution in [3.05, 3.63) is 18.0 Å². The molecule has 3 rings (SSSR count). The number of carbonyl (C=O) groups is 1. The van der Waals surface area contributed by atoms with Gasteiger partial charge in [0.25, 0.3) is 0 Å². The zero-order chi connectivity index (χ0) is 20.0. The largest absolute Gasteiger partial charge is 0.496 e. The average molecular weight is 375 g/mol. The summed E-state index contributed by atoms with van der Waals surface area (Å²) in [5, 5.41) is 8.45. The highest BCUT2D eigenvalue weighted by atomic mass is 16.7. The number of nitrogens with zero attached hydrogens (tertiary/aromatic N) is 3. The molecule has 0 aromatic carbocycles. The lowest BCUT2D eigenvalue weighted by molar-refractivity contribution is 0.00578. The second-order valence-corrected chi connectivity index (χ2v) is 9.41. The normalized spacial score (nSPS) is 24.3. The Bertz CT molecular complexity index is 701. The van der Waals surface area contributed by atoms with Crippen molar-refractivity contribution in [2.45, 2.75) is 77.6 Å². The van der Waals surface area contributed by atoms with E-state index in [0.29, 0.717) is 13.1 Å². The molecule has 1 unspecified atom stereocenters. The van der Waals surface area contributed by atoms with Gasteiger partial charge in [0.2, 0.25) is 0 Å². The SMILES string of the molecule is CC(C)(C)OC(=O)N1CCC(c2cc(B3OC(C)(C)C(C)(C)O3)cnn2)C1. The Kier molecular flexibility index (Phi) is 5.01. The molecular weight excluding hydrogens is 345 g/mol. The molecule has 7 nitrogen and oxygen atoms in total. The quantitative estimate of drug-likeness (QED) is 0.740. The van der Waals surface area contributed by atoms with E-state index in [4.69, 9.17) is 14.0 Å². The zero-order valence-corrected chi connectivity index (χ0v) is 17.4. The minimum Gasteiger partial charge on any atom is -0.444 e. The zero-order valence-electron chi connectivity index (χ0n) is 17.4. The topological polar surface area (TPSA) is 73.8 Å². The van der Waals surface area contributed by atoms with Crippen molar-refractivity contribution in [1.82, 2.24) is 15.1 Å². The molecule has 0 spiro atoms. The maximum absolute atomic E-state index is 12.3. The number of carbonyl (C=O) groups excluding carboxylic acids is 1. The molecule has 0 N–H and O–H groups in total. The number of rotatable bonds is 2. The summed E-state index contributed by atoms with van der Waals surface area (Å²) in [5.74, 6) is 0.132. The van der Waals surface area contributed by atoms with Crippen LogP contribution in [0.4, 0.5) is 4.79 Å². The fourth-order valence-electron chi connectivity index (χ4n) is 3.20. The van der Waals surface area contributed by atoms with Crippen LogP contribution in [0.15, 0.2) is 12.3 Å². The summed E-state index contributed by atoms with van der Waals surface area (Å²) in [5.41, 5.74) is 0.415. The van der Waals surface area contributed by atoms with Gasteiger partial charge in [-0.3, -0.25) is 0 Å². The smallest absolute Gasteiger partial charge is 0.444 e. The molecule has 148 valence electrons. The van der Waals surface area contributed by atoms with Crippen molar-refractivity contribution >= 4 is 18.7 Å².